The lowest BCUT2D eigenvalue weighted by atomic mass is 9.72. The van der Waals surface area contributed by atoms with E-state index in [0.29, 0.717) is 72.4 Å². The van der Waals surface area contributed by atoms with Crippen molar-refractivity contribution in [3.63, 3.8) is 0 Å². The molecule has 1 saturated heterocycles. The Balaban J connectivity index is 1.27. The first-order valence-electron chi connectivity index (χ1n) is 14.3. The van der Waals surface area contributed by atoms with E-state index in [4.69, 9.17) is 20.2 Å². The smallest absolute Gasteiger partial charge is 0.227 e. The van der Waals surface area contributed by atoms with Crippen molar-refractivity contribution >= 4 is 28.6 Å². The molecule has 8 nitrogen and oxygen atoms in total. The molecule has 4 aromatic rings. The molecule has 0 bridgehead atoms. The van der Waals surface area contributed by atoms with Crippen molar-refractivity contribution in [1.29, 1.82) is 0 Å². The second-order valence-electron chi connectivity index (χ2n) is 11.4. The number of anilines is 2. The minimum atomic E-state index is -0.534. The number of piperidine rings is 1. The Bertz CT molecular complexity index is 1570. The van der Waals surface area contributed by atoms with Crippen molar-refractivity contribution in [2.45, 2.75) is 38.6 Å². The molecule has 0 saturated carbocycles. The fraction of sp³-hybridized carbons (Fsp3) is 0.364. The van der Waals surface area contributed by atoms with Gasteiger partial charge >= 0.3 is 0 Å². The third-order valence-corrected chi connectivity index (χ3v) is 8.88. The number of nitrogens with two attached hydrogens (primary N) is 1. The Labute approximate surface area is 240 Å². The van der Waals surface area contributed by atoms with E-state index in [-0.39, 0.29) is 11.9 Å². The lowest BCUT2D eigenvalue weighted by Gasteiger charge is -2.41. The van der Waals surface area contributed by atoms with Crippen molar-refractivity contribution in [2.24, 2.45) is 11.3 Å². The number of rotatable bonds is 7. The van der Waals surface area contributed by atoms with Crippen LogP contribution in [0.15, 0.2) is 66.7 Å². The third kappa shape index (κ3) is 5.03. The van der Waals surface area contributed by atoms with E-state index in [2.05, 4.69) is 58.5 Å². The predicted molar refractivity (Wildman–Crippen MR) is 161 cm³/mol. The highest BCUT2D eigenvalue weighted by atomic mass is 16.5. The zero-order valence-electron chi connectivity index (χ0n) is 23.9. The van der Waals surface area contributed by atoms with Gasteiger partial charge in [-0.2, -0.15) is 4.98 Å². The summed E-state index contributed by atoms with van der Waals surface area (Å²) in [7, 11) is 3.19. The third-order valence-electron chi connectivity index (χ3n) is 8.88. The first kappa shape index (κ1) is 26.9. The summed E-state index contributed by atoms with van der Waals surface area (Å²) in [6, 6.07) is 22.5. The van der Waals surface area contributed by atoms with Gasteiger partial charge in [-0.05, 0) is 54.4 Å². The summed E-state index contributed by atoms with van der Waals surface area (Å²) < 4.78 is 10.9. The maximum Gasteiger partial charge on any atom is 0.227 e. The molecular formula is C33H37N5O3. The molecule has 1 aliphatic carbocycles. The summed E-state index contributed by atoms with van der Waals surface area (Å²) in [4.78, 5) is 25.9. The van der Waals surface area contributed by atoms with Crippen LogP contribution < -0.4 is 25.4 Å². The van der Waals surface area contributed by atoms with Crippen LogP contribution in [0.1, 0.15) is 42.5 Å². The van der Waals surface area contributed by atoms with E-state index < -0.39 is 5.41 Å². The zero-order chi connectivity index (χ0) is 28.6. The van der Waals surface area contributed by atoms with E-state index in [9.17, 15) is 4.79 Å². The molecule has 1 amide bonds. The quantitative estimate of drug-likeness (QED) is 0.329. The maximum absolute atomic E-state index is 14.2. The normalized spacial score (nSPS) is 19.5. The van der Waals surface area contributed by atoms with Gasteiger partial charge in [0.2, 0.25) is 11.9 Å². The molecule has 6 rings (SSSR count). The maximum atomic E-state index is 14.2. The highest BCUT2D eigenvalue weighted by molar-refractivity contribution is 5.92. The second kappa shape index (κ2) is 10.9. The number of carbonyl (C=O) groups excluding carboxylic acids is 1. The van der Waals surface area contributed by atoms with Crippen LogP contribution in [0.25, 0.3) is 10.9 Å². The second-order valence-corrected chi connectivity index (χ2v) is 11.4. The summed E-state index contributed by atoms with van der Waals surface area (Å²) in [5.41, 5.74) is 10.3. The molecule has 3 N–H and O–H groups in total. The van der Waals surface area contributed by atoms with Gasteiger partial charge < -0.3 is 25.4 Å². The highest BCUT2D eigenvalue weighted by Gasteiger charge is 2.44. The number of hydrogen-bond donors (Lipinski definition) is 2. The minimum absolute atomic E-state index is 0.0277. The van der Waals surface area contributed by atoms with Crippen LogP contribution in [-0.2, 0) is 17.6 Å². The van der Waals surface area contributed by atoms with Crippen LogP contribution in [0.5, 0.6) is 11.5 Å². The van der Waals surface area contributed by atoms with Gasteiger partial charge in [-0.3, -0.25) is 4.79 Å². The molecule has 41 heavy (non-hydrogen) atoms. The molecule has 1 aliphatic heterocycles. The SMILES string of the molecule is COc1cc2nc(N3CCC(Cc4ccccc4)(C(=O)NC4c5ccccc5CC4C)CC3)nc(N)c2cc1OC. The molecule has 8 heteroatoms. The van der Waals surface area contributed by atoms with Crippen molar-refractivity contribution in [1.82, 2.24) is 15.3 Å². The summed E-state index contributed by atoms with van der Waals surface area (Å²) in [6.07, 6.45) is 3.04. The average Bonchev–Trinajstić information content (AvgIpc) is 3.31. The lowest BCUT2D eigenvalue weighted by molar-refractivity contribution is -0.133. The van der Waals surface area contributed by atoms with Crippen molar-refractivity contribution in [3.8, 4) is 11.5 Å². The van der Waals surface area contributed by atoms with Crippen LogP contribution >= 0.6 is 0 Å². The lowest BCUT2D eigenvalue weighted by Crippen LogP contribution is -2.51. The van der Waals surface area contributed by atoms with Crippen LogP contribution in [-0.4, -0.2) is 43.2 Å². The van der Waals surface area contributed by atoms with E-state index >= 15 is 0 Å². The molecule has 0 spiro atoms. The van der Waals surface area contributed by atoms with Crippen LogP contribution in [0.4, 0.5) is 11.8 Å². The van der Waals surface area contributed by atoms with Crippen LogP contribution in [0.3, 0.4) is 0 Å². The molecule has 1 fully saturated rings. The van der Waals surface area contributed by atoms with Crippen LogP contribution in [0.2, 0.25) is 0 Å². The number of benzene rings is 3. The van der Waals surface area contributed by atoms with Gasteiger partial charge in [-0.15, -0.1) is 0 Å². The number of fused-ring (bicyclic) bond motifs is 2. The summed E-state index contributed by atoms with van der Waals surface area (Å²) in [5.74, 6) is 2.61. The van der Waals surface area contributed by atoms with E-state index in [1.54, 1.807) is 20.3 Å². The molecule has 0 radical (unpaired) electrons. The molecular weight excluding hydrogens is 514 g/mol. The fourth-order valence-corrected chi connectivity index (χ4v) is 6.52. The van der Waals surface area contributed by atoms with Crippen LogP contribution in [0, 0.1) is 11.3 Å². The molecule has 3 aromatic carbocycles. The molecule has 2 aliphatic rings. The Kier molecular flexibility index (Phi) is 7.15. The topological polar surface area (TPSA) is 103 Å². The van der Waals surface area contributed by atoms with E-state index in [0.717, 1.165) is 6.42 Å². The minimum Gasteiger partial charge on any atom is -0.493 e. The van der Waals surface area contributed by atoms with Gasteiger partial charge in [0.15, 0.2) is 11.5 Å². The number of hydrogen-bond acceptors (Lipinski definition) is 7. The Morgan fingerprint density at radius 2 is 1.68 bits per heavy atom. The number of nitrogen functional groups attached to an aromatic ring is 1. The van der Waals surface area contributed by atoms with E-state index in [1.807, 2.05) is 24.3 Å². The van der Waals surface area contributed by atoms with Gasteiger partial charge in [-0.1, -0.05) is 61.5 Å². The number of ether oxygens (including phenoxy) is 2. The molecule has 2 atom stereocenters. The van der Waals surface area contributed by atoms with Gasteiger partial charge in [0, 0.05) is 24.5 Å². The average molecular weight is 552 g/mol. The summed E-state index contributed by atoms with van der Waals surface area (Å²) in [6.45, 7) is 3.52. The largest absolute Gasteiger partial charge is 0.493 e. The number of nitrogens with one attached hydrogen (secondary N) is 1. The Morgan fingerprint density at radius 3 is 2.41 bits per heavy atom. The monoisotopic (exact) mass is 551 g/mol. The molecule has 2 heterocycles. The highest BCUT2D eigenvalue weighted by Crippen LogP contribution is 2.41. The summed E-state index contributed by atoms with van der Waals surface area (Å²) in [5, 5.41) is 4.21. The standard InChI is InChI=1S/C33H37N5O3/c1-21-17-23-11-7-8-12-24(23)29(21)36-31(39)33(20-22-9-5-4-6-10-22)13-15-38(16-14-33)32-35-26-19-28(41-3)27(40-2)18-25(26)30(34)37-32/h4-12,18-19,21,29H,13-17,20H2,1-3H3,(H,36,39)(H2,34,35,37). The first-order valence-corrected chi connectivity index (χ1v) is 14.3. The molecule has 1 aromatic heterocycles. The van der Waals surface area contributed by atoms with E-state index in [1.165, 1.54) is 16.7 Å². The number of methoxy groups -OCH3 is 2. The summed E-state index contributed by atoms with van der Waals surface area (Å²) >= 11 is 0. The number of nitrogens with zero attached hydrogens (tertiary/aromatic N) is 3. The number of amides is 1. The van der Waals surface area contributed by atoms with Crippen molar-refractivity contribution in [3.05, 3.63) is 83.4 Å². The Morgan fingerprint density at radius 1 is 1.00 bits per heavy atom. The predicted octanol–water partition coefficient (Wildman–Crippen LogP) is 5.11. The van der Waals surface area contributed by atoms with Gasteiger partial charge in [0.1, 0.15) is 5.82 Å². The van der Waals surface area contributed by atoms with Gasteiger partial charge in [0.05, 0.1) is 31.2 Å². The van der Waals surface area contributed by atoms with Gasteiger partial charge in [-0.25, -0.2) is 4.98 Å². The first-order chi connectivity index (χ1) is 19.9. The number of aromatic nitrogens is 2. The fourth-order valence-electron chi connectivity index (χ4n) is 6.52. The molecule has 2 unspecified atom stereocenters. The van der Waals surface area contributed by atoms with Crippen molar-refractivity contribution in [2.75, 3.05) is 37.9 Å². The Hall–Kier alpha value is -4.33. The molecule has 212 valence electrons. The van der Waals surface area contributed by atoms with Gasteiger partial charge in [0.25, 0.3) is 0 Å². The number of carbonyl (C=O) groups is 1. The zero-order valence-corrected chi connectivity index (χ0v) is 23.9. The van der Waals surface area contributed by atoms with Crippen molar-refractivity contribution < 1.29 is 14.3 Å².